The number of benzene rings is 1. The zero-order chi connectivity index (χ0) is 14.8. The highest BCUT2D eigenvalue weighted by Crippen LogP contribution is 2.32. The zero-order valence-corrected chi connectivity index (χ0v) is 12.5. The molecule has 0 saturated carbocycles. The van der Waals surface area contributed by atoms with E-state index in [9.17, 15) is 4.79 Å². The fraction of sp³-hybridized carbons (Fsp3) is 0.500. The first-order chi connectivity index (χ1) is 8.63. The number of Topliss-reactive ketones (excluding diaryl/α,β-unsaturated/α-hetero) is 1. The summed E-state index contributed by atoms with van der Waals surface area (Å²) in [6, 6.07) is 7.62. The van der Waals surface area contributed by atoms with Crippen LogP contribution in [0, 0.1) is 16.7 Å². The number of ketones is 1. The second kappa shape index (κ2) is 5.05. The van der Waals surface area contributed by atoms with Crippen LogP contribution in [0.3, 0.4) is 0 Å². The van der Waals surface area contributed by atoms with Gasteiger partial charge in [0, 0.05) is 0 Å². The molecule has 3 heteroatoms. The molecule has 0 radical (unpaired) electrons. The number of ether oxygens (including phenoxy) is 1. The Hall–Kier alpha value is -1.82. The molecule has 0 atom stereocenters. The van der Waals surface area contributed by atoms with E-state index < -0.39 is 5.41 Å². The van der Waals surface area contributed by atoms with Crippen molar-refractivity contribution in [3.05, 3.63) is 29.3 Å². The number of carbonyl (C=O) groups is 1. The topological polar surface area (TPSA) is 50.1 Å². The molecule has 0 aliphatic carbocycles. The maximum absolute atomic E-state index is 12.5. The van der Waals surface area contributed by atoms with E-state index in [2.05, 4.69) is 20.8 Å². The van der Waals surface area contributed by atoms with Gasteiger partial charge in [-0.25, -0.2) is 0 Å². The van der Waals surface area contributed by atoms with Crippen LogP contribution in [0.2, 0.25) is 0 Å². The van der Waals surface area contributed by atoms with Gasteiger partial charge in [-0.15, -0.1) is 0 Å². The molecule has 1 rings (SSSR count). The van der Waals surface area contributed by atoms with Crippen LogP contribution < -0.4 is 4.74 Å². The van der Waals surface area contributed by atoms with Gasteiger partial charge in [0.05, 0.1) is 18.7 Å². The van der Waals surface area contributed by atoms with Gasteiger partial charge in [0.2, 0.25) is 0 Å². The van der Waals surface area contributed by atoms with Crippen LogP contribution in [0.1, 0.15) is 50.5 Å². The second-order valence-electron chi connectivity index (χ2n) is 6.23. The quantitative estimate of drug-likeness (QED) is 0.777. The van der Waals surface area contributed by atoms with Crippen LogP contribution in [0.4, 0.5) is 0 Å². The fourth-order valence-electron chi connectivity index (χ4n) is 1.74. The number of carbonyl (C=O) groups excluding carboxylic acids is 1. The first kappa shape index (κ1) is 15.2. The van der Waals surface area contributed by atoms with Crippen molar-refractivity contribution < 1.29 is 9.53 Å². The van der Waals surface area contributed by atoms with Gasteiger partial charge in [-0.05, 0) is 37.0 Å². The number of hydrogen-bond donors (Lipinski definition) is 0. The van der Waals surface area contributed by atoms with Crippen LogP contribution in [-0.2, 0) is 5.41 Å². The lowest BCUT2D eigenvalue weighted by Crippen LogP contribution is -2.23. The van der Waals surface area contributed by atoms with Crippen LogP contribution in [0.5, 0.6) is 5.75 Å². The van der Waals surface area contributed by atoms with Crippen molar-refractivity contribution in [3.8, 4) is 11.8 Å². The van der Waals surface area contributed by atoms with E-state index in [4.69, 9.17) is 10.00 Å². The molecule has 0 saturated heterocycles. The summed E-state index contributed by atoms with van der Waals surface area (Å²) in [5.41, 5.74) is 0.411. The Morgan fingerprint density at radius 1 is 1.21 bits per heavy atom. The summed E-state index contributed by atoms with van der Waals surface area (Å²) in [6.45, 7) is 9.49. The lowest BCUT2D eigenvalue weighted by atomic mass is 9.81. The van der Waals surface area contributed by atoms with Crippen LogP contribution >= 0.6 is 0 Å². The smallest absolute Gasteiger partial charge is 0.186 e. The van der Waals surface area contributed by atoms with E-state index in [1.54, 1.807) is 19.9 Å². The highest BCUT2D eigenvalue weighted by Gasteiger charge is 2.31. The third kappa shape index (κ3) is 3.14. The first-order valence-electron chi connectivity index (χ1n) is 6.28. The highest BCUT2D eigenvalue weighted by molar-refractivity contribution is 6.04. The molecule has 3 nitrogen and oxygen atoms in total. The van der Waals surface area contributed by atoms with Crippen molar-refractivity contribution in [2.75, 3.05) is 7.11 Å². The minimum Gasteiger partial charge on any atom is -0.496 e. The minimum atomic E-state index is -1.05. The normalized spacial score (nSPS) is 11.8. The van der Waals surface area contributed by atoms with Gasteiger partial charge < -0.3 is 4.74 Å². The Morgan fingerprint density at radius 2 is 1.79 bits per heavy atom. The molecule has 0 unspecified atom stereocenters. The van der Waals surface area contributed by atoms with Crippen molar-refractivity contribution in [1.29, 1.82) is 5.26 Å². The molecule has 0 amide bonds. The Bertz CT molecular complexity index is 531. The number of nitriles is 1. The van der Waals surface area contributed by atoms with Gasteiger partial charge in [-0.3, -0.25) is 4.79 Å². The van der Waals surface area contributed by atoms with Gasteiger partial charge in [-0.2, -0.15) is 5.26 Å². The minimum absolute atomic E-state index is 0.0575. The molecule has 0 bridgehead atoms. The highest BCUT2D eigenvalue weighted by atomic mass is 16.5. The monoisotopic (exact) mass is 259 g/mol. The van der Waals surface area contributed by atoms with Gasteiger partial charge in [0.25, 0.3) is 0 Å². The van der Waals surface area contributed by atoms with E-state index in [0.717, 1.165) is 5.56 Å². The molecule has 0 fully saturated rings. The third-order valence-electron chi connectivity index (χ3n) is 3.16. The van der Waals surface area contributed by atoms with E-state index in [0.29, 0.717) is 11.3 Å². The molecule has 19 heavy (non-hydrogen) atoms. The van der Waals surface area contributed by atoms with Crippen molar-refractivity contribution in [2.24, 2.45) is 5.41 Å². The molecule has 0 aliphatic heterocycles. The van der Waals surface area contributed by atoms with E-state index >= 15 is 0 Å². The Balaban J connectivity index is 3.41. The van der Waals surface area contributed by atoms with Crippen LogP contribution in [0.25, 0.3) is 0 Å². The molecule has 1 aromatic rings. The molecule has 0 aliphatic rings. The molecule has 102 valence electrons. The van der Waals surface area contributed by atoms with Crippen molar-refractivity contribution in [3.63, 3.8) is 0 Å². The maximum Gasteiger partial charge on any atom is 0.186 e. The first-order valence-corrected chi connectivity index (χ1v) is 6.28. The molecule has 0 aromatic heterocycles. The number of nitrogens with zero attached hydrogens (tertiary/aromatic N) is 1. The van der Waals surface area contributed by atoms with Crippen molar-refractivity contribution in [2.45, 2.75) is 40.0 Å². The Labute approximate surface area is 115 Å². The summed E-state index contributed by atoms with van der Waals surface area (Å²) in [5.74, 6) is 0.305. The number of hydrogen-bond acceptors (Lipinski definition) is 3. The second-order valence-corrected chi connectivity index (χ2v) is 6.23. The van der Waals surface area contributed by atoms with Gasteiger partial charge in [0.15, 0.2) is 5.78 Å². The summed E-state index contributed by atoms with van der Waals surface area (Å²) >= 11 is 0. The lowest BCUT2D eigenvalue weighted by Gasteiger charge is -2.22. The van der Waals surface area contributed by atoms with Crippen molar-refractivity contribution in [1.82, 2.24) is 0 Å². The number of rotatable bonds is 3. The van der Waals surface area contributed by atoms with Crippen molar-refractivity contribution >= 4 is 5.78 Å². The van der Waals surface area contributed by atoms with Gasteiger partial charge in [-0.1, -0.05) is 26.8 Å². The number of methoxy groups -OCH3 is 1. The summed E-state index contributed by atoms with van der Waals surface area (Å²) in [6.07, 6.45) is 0. The van der Waals surface area contributed by atoms with Gasteiger partial charge >= 0.3 is 0 Å². The molecular formula is C16H21NO2. The molecule has 1 aromatic carbocycles. The van der Waals surface area contributed by atoms with E-state index in [1.807, 2.05) is 18.2 Å². The van der Waals surface area contributed by atoms with E-state index in [-0.39, 0.29) is 11.2 Å². The van der Waals surface area contributed by atoms with Gasteiger partial charge in [0.1, 0.15) is 11.2 Å². The molecule has 0 heterocycles. The van der Waals surface area contributed by atoms with E-state index in [1.165, 1.54) is 7.11 Å². The third-order valence-corrected chi connectivity index (χ3v) is 3.16. The SMILES string of the molecule is COc1ccc(C(C)(C)C)cc1C(=O)C(C)(C)C#N. The molecule has 0 N–H and O–H groups in total. The Morgan fingerprint density at radius 3 is 2.21 bits per heavy atom. The summed E-state index contributed by atoms with van der Waals surface area (Å²) in [5, 5.41) is 9.11. The average molecular weight is 259 g/mol. The Kier molecular flexibility index (Phi) is 4.05. The lowest BCUT2D eigenvalue weighted by molar-refractivity contribution is 0.0888. The fourth-order valence-corrected chi connectivity index (χ4v) is 1.74. The molecular weight excluding hydrogens is 238 g/mol. The van der Waals surface area contributed by atoms with Crippen LogP contribution in [0.15, 0.2) is 18.2 Å². The predicted molar refractivity (Wildman–Crippen MR) is 75.4 cm³/mol. The summed E-state index contributed by atoms with van der Waals surface area (Å²) in [4.78, 5) is 12.5. The van der Waals surface area contributed by atoms with Crippen LogP contribution in [-0.4, -0.2) is 12.9 Å². The molecule has 0 spiro atoms. The standard InChI is InChI=1S/C16H21NO2/c1-15(2,3)11-7-8-13(19-6)12(9-11)14(18)16(4,5)10-17/h7-9H,1-6H3. The zero-order valence-electron chi connectivity index (χ0n) is 12.5. The average Bonchev–Trinajstić information content (AvgIpc) is 2.35. The maximum atomic E-state index is 12.5. The summed E-state index contributed by atoms with van der Waals surface area (Å²) in [7, 11) is 1.53. The summed E-state index contributed by atoms with van der Waals surface area (Å²) < 4.78 is 5.24. The predicted octanol–water partition coefficient (Wildman–Crippen LogP) is 3.73. The largest absolute Gasteiger partial charge is 0.496 e.